The predicted molar refractivity (Wildman–Crippen MR) is 286 cm³/mol. The molecule has 2 aliphatic heterocycles. The molecule has 5 heterocycles. The van der Waals surface area contributed by atoms with Crippen molar-refractivity contribution in [1.29, 1.82) is 0 Å². The molecule has 0 spiro atoms. The van der Waals surface area contributed by atoms with Crippen LogP contribution in [0.2, 0.25) is 5.02 Å². The molecule has 3 aromatic heterocycles. The van der Waals surface area contributed by atoms with E-state index in [1.807, 2.05) is 75.6 Å². The normalized spacial score (nSPS) is 16.6. The summed E-state index contributed by atoms with van der Waals surface area (Å²) >= 11 is 9.43. The number of thiophene rings is 1. The van der Waals surface area contributed by atoms with Crippen LogP contribution in [0.15, 0.2) is 77.2 Å². The number of aryl methyl sites for hydroxylation is 3. The SMILES string of the molecule is Cc1ncsc1-c1ccc(CNC(=O)[C@@H]2C[C@@H](O)CN2C(=O)[C@@H](NC(=O)COCCCOCCOc2cc(NC(=O)C[C@@H]3N=C(c4ccc(Cl)cc4)c4c(sc(C)c4C)-n4c(C)nnc43)ccc2F)C(C)(C)C)cc1. The number of β-amino-alcohol motifs (C(OH)–C–C–N with tert-alkyl or cyclic N) is 1. The van der Waals surface area contributed by atoms with Crippen LogP contribution in [0.5, 0.6) is 5.75 Å². The highest BCUT2D eigenvalue weighted by Crippen LogP contribution is 2.40. The summed E-state index contributed by atoms with van der Waals surface area (Å²) < 4.78 is 33.8. The molecule has 0 unspecified atom stereocenters. The molecule has 8 rings (SSSR count). The van der Waals surface area contributed by atoms with E-state index in [-0.39, 0.29) is 70.6 Å². The van der Waals surface area contributed by atoms with Crippen LogP contribution in [0.4, 0.5) is 10.1 Å². The standard InChI is InChI=1S/C54H61ClFN9O8S2/c1-30-32(3)75-53-46(30)47(35-13-15-37(55)16-14-35)60-41(50-63-62-33(4)65(50)53)25-44(67)59-38-17-18-40(56)43(23-38)73-22-21-71-19-8-20-72-28-45(68)61-49(54(5,6)7)52(70)64-27-39(66)24-42(64)51(69)57-26-34-9-11-36(12-10-34)48-31(2)58-29-74-48/h9-18,23,29,39,41-42,49,66H,8,19-22,24-28H2,1-7H3,(H,57,69)(H,59,67)(H,61,68)/t39-,41+,42+,49-/m1/s1. The average Bonchev–Trinajstić information content (AvgIpc) is 4.14. The number of carbonyl (C=O) groups is 4. The number of thiazole rings is 1. The largest absolute Gasteiger partial charge is 0.488 e. The lowest BCUT2D eigenvalue weighted by molar-refractivity contribution is -0.144. The molecule has 396 valence electrons. The molecule has 17 nitrogen and oxygen atoms in total. The van der Waals surface area contributed by atoms with E-state index in [2.05, 4.69) is 45.0 Å². The number of amides is 4. The van der Waals surface area contributed by atoms with Gasteiger partial charge in [0.05, 0.1) is 40.9 Å². The summed E-state index contributed by atoms with van der Waals surface area (Å²) in [5.74, 6) is -1.24. The van der Waals surface area contributed by atoms with Gasteiger partial charge in [-0.1, -0.05) is 68.8 Å². The van der Waals surface area contributed by atoms with Crippen LogP contribution in [0.25, 0.3) is 15.4 Å². The fourth-order valence-electron chi connectivity index (χ4n) is 8.94. The average molecular weight is 1080 g/mol. The number of fused-ring (bicyclic) bond motifs is 3. The smallest absolute Gasteiger partial charge is 0.246 e. The summed E-state index contributed by atoms with van der Waals surface area (Å²) in [4.78, 5) is 67.3. The van der Waals surface area contributed by atoms with Gasteiger partial charge < -0.3 is 40.2 Å². The van der Waals surface area contributed by atoms with Gasteiger partial charge in [0.1, 0.15) is 42.2 Å². The van der Waals surface area contributed by atoms with Gasteiger partial charge in [-0.2, -0.15) is 0 Å². The Labute approximate surface area is 447 Å². The minimum atomic E-state index is -1.00. The first-order valence-electron chi connectivity index (χ1n) is 24.6. The lowest BCUT2D eigenvalue weighted by Gasteiger charge is -2.35. The summed E-state index contributed by atoms with van der Waals surface area (Å²) in [6.45, 7) is 13.8. The summed E-state index contributed by atoms with van der Waals surface area (Å²) in [5.41, 5.74) is 7.84. The Kier molecular flexibility index (Phi) is 17.6. The number of benzene rings is 3. The third kappa shape index (κ3) is 13.2. The van der Waals surface area contributed by atoms with E-state index in [1.54, 1.807) is 40.3 Å². The summed E-state index contributed by atoms with van der Waals surface area (Å²) in [5, 5.41) is 29.5. The number of aliphatic imine (C=N–C) groups is 1. The van der Waals surface area contributed by atoms with Crippen molar-refractivity contribution in [3.05, 3.63) is 128 Å². The number of carbonyl (C=O) groups excluding carboxylic acids is 4. The van der Waals surface area contributed by atoms with Gasteiger partial charge in [-0.15, -0.1) is 32.9 Å². The number of likely N-dealkylation sites (tertiary alicyclic amines) is 1. The van der Waals surface area contributed by atoms with Gasteiger partial charge in [0, 0.05) is 65.5 Å². The second kappa shape index (κ2) is 24.1. The molecule has 75 heavy (non-hydrogen) atoms. The second-order valence-electron chi connectivity index (χ2n) is 19.6. The zero-order chi connectivity index (χ0) is 53.6. The van der Waals surface area contributed by atoms with Crippen molar-refractivity contribution in [1.82, 2.24) is 35.3 Å². The zero-order valence-corrected chi connectivity index (χ0v) is 45.3. The molecule has 2 aliphatic rings. The molecule has 0 aliphatic carbocycles. The van der Waals surface area contributed by atoms with Crippen molar-refractivity contribution >= 4 is 69.3 Å². The van der Waals surface area contributed by atoms with Gasteiger partial charge in [-0.25, -0.2) is 9.37 Å². The number of anilines is 1. The number of aliphatic hydroxyl groups excluding tert-OH is 1. The minimum Gasteiger partial charge on any atom is -0.488 e. The molecule has 1 saturated heterocycles. The van der Waals surface area contributed by atoms with E-state index in [4.69, 9.17) is 30.8 Å². The van der Waals surface area contributed by atoms with Crippen molar-refractivity contribution < 1.29 is 42.9 Å². The first kappa shape index (κ1) is 54.8. The van der Waals surface area contributed by atoms with Crippen LogP contribution in [0.1, 0.15) is 90.5 Å². The number of hydrogen-bond donors (Lipinski definition) is 4. The summed E-state index contributed by atoms with van der Waals surface area (Å²) in [6.07, 6.45) is -0.473. The fraction of sp³-hybridized carbons (Fsp3) is 0.407. The predicted octanol–water partition coefficient (Wildman–Crippen LogP) is 8.01. The molecule has 1 fully saturated rings. The molecular formula is C54H61ClFN9O8S2. The van der Waals surface area contributed by atoms with Crippen LogP contribution in [0, 0.1) is 38.9 Å². The number of rotatable bonds is 20. The van der Waals surface area contributed by atoms with Crippen LogP contribution in [-0.2, 0) is 35.2 Å². The van der Waals surface area contributed by atoms with Crippen molar-refractivity contribution in [2.75, 3.05) is 44.9 Å². The molecule has 4 N–H and O–H groups in total. The molecule has 0 saturated carbocycles. The van der Waals surface area contributed by atoms with Crippen LogP contribution < -0.4 is 20.7 Å². The van der Waals surface area contributed by atoms with Crippen molar-refractivity contribution in [2.24, 2.45) is 10.4 Å². The van der Waals surface area contributed by atoms with E-state index in [1.165, 1.54) is 23.1 Å². The third-order valence-corrected chi connectivity index (χ3v) is 15.4. The second-order valence-corrected chi connectivity index (χ2v) is 22.1. The highest BCUT2D eigenvalue weighted by Gasteiger charge is 2.44. The maximum absolute atomic E-state index is 14.9. The molecular weight excluding hydrogens is 1020 g/mol. The van der Waals surface area contributed by atoms with Gasteiger partial charge in [-0.3, -0.25) is 28.7 Å². The maximum Gasteiger partial charge on any atom is 0.246 e. The van der Waals surface area contributed by atoms with Crippen molar-refractivity contribution in [3.8, 4) is 21.2 Å². The van der Waals surface area contributed by atoms with E-state index in [0.29, 0.717) is 28.8 Å². The number of hydrogen-bond acceptors (Lipinski definition) is 14. The molecule has 4 atom stereocenters. The van der Waals surface area contributed by atoms with Crippen LogP contribution >= 0.6 is 34.3 Å². The van der Waals surface area contributed by atoms with E-state index < -0.39 is 53.2 Å². The quantitative estimate of drug-likeness (QED) is 0.0538. The number of nitrogens with zero attached hydrogens (tertiary/aromatic N) is 6. The minimum absolute atomic E-state index is 0.0147. The van der Waals surface area contributed by atoms with E-state index in [0.717, 1.165) is 54.0 Å². The Morgan fingerprint density at radius 1 is 0.920 bits per heavy atom. The number of ether oxygens (including phenoxy) is 3. The van der Waals surface area contributed by atoms with Crippen LogP contribution in [-0.4, -0.2) is 117 Å². The topological polar surface area (TPSA) is 211 Å². The first-order chi connectivity index (χ1) is 35.9. The first-order valence-corrected chi connectivity index (χ1v) is 26.7. The Balaban J connectivity index is 0.763. The lowest BCUT2D eigenvalue weighted by Crippen LogP contribution is -2.58. The van der Waals surface area contributed by atoms with Gasteiger partial charge in [-0.05, 0) is 80.5 Å². The maximum atomic E-state index is 14.9. The highest BCUT2D eigenvalue weighted by atomic mass is 35.5. The monoisotopic (exact) mass is 1080 g/mol. The van der Waals surface area contributed by atoms with Gasteiger partial charge in [0.2, 0.25) is 23.6 Å². The molecule has 0 bridgehead atoms. The fourth-order valence-corrected chi connectivity index (χ4v) is 11.1. The number of aromatic nitrogens is 4. The number of halogens is 2. The Hall–Kier alpha value is -6.42. The molecule has 0 radical (unpaired) electrons. The van der Waals surface area contributed by atoms with Crippen molar-refractivity contribution in [2.45, 2.75) is 98.5 Å². The number of nitrogens with one attached hydrogen (secondary N) is 3. The molecule has 21 heteroatoms. The third-order valence-electron chi connectivity index (χ3n) is 13.0. The van der Waals surface area contributed by atoms with Crippen molar-refractivity contribution in [3.63, 3.8) is 0 Å². The van der Waals surface area contributed by atoms with Gasteiger partial charge >= 0.3 is 0 Å². The molecule has 6 aromatic rings. The van der Waals surface area contributed by atoms with Gasteiger partial charge in [0.25, 0.3) is 0 Å². The summed E-state index contributed by atoms with van der Waals surface area (Å²) in [7, 11) is 0. The summed E-state index contributed by atoms with van der Waals surface area (Å²) in [6, 6.07) is 16.7. The number of aliphatic hydroxyl groups is 1. The lowest BCUT2D eigenvalue weighted by atomic mass is 9.85. The van der Waals surface area contributed by atoms with Gasteiger partial charge in [0.15, 0.2) is 17.4 Å². The molecule has 4 amide bonds. The van der Waals surface area contributed by atoms with Crippen LogP contribution in [0.3, 0.4) is 0 Å². The molecule has 3 aromatic carbocycles. The highest BCUT2D eigenvalue weighted by molar-refractivity contribution is 7.15. The van der Waals surface area contributed by atoms with E-state index in [9.17, 15) is 28.7 Å². The van der Waals surface area contributed by atoms with E-state index >= 15 is 0 Å². The Morgan fingerprint density at radius 3 is 2.37 bits per heavy atom. The Morgan fingerprint density at radius 2 is 1.65 bits per heavy atom. The zero-order valence-electron chi connectivity index (χ0n) is 42.9. The Bertz CT molecular complexity index is 3060.